The van der Waals surface area contributed by atoms with Crippen LogP contribution in [0.5, 0.6) is 0 Å². The minimum absolute atomic E-state index is 0.106. The van der Waals surface area contributed by atoms with Crippen LogP contribution in [0.15, 0.2) is 41.5 Å². The van der Waals surface area contributed by atoms with Gasteiger partial charge in [0.15, 0.2) is 0 Å². The number of fused-ring (bicyclic) bond motifs is 1. The minimum Gasteiger partial charge on any atom is -0.306 e. The van der Waals surface area contributed by atoms with Gasteiger partial charge in [0.2, 0.25) is 0 Å². The highest BCUT2D eigenvalue weighted by Crippen LogP contribution is 2.39. The Morgan fingerprint density at radius 3 is 2.64 bits per heavy atom. The van der Waals surface area contributed by atoms with Crippen molar-refractivity contribution in [3.63, 3.8) is 0 Å². The molecule has 0 spiro atoms. The molecule has 25 heavy (non-hydrogen) atoms. The molecule has 0 N–H and O–H groups in total. The van der Waals surface area contributed by atoms with Crippen LogP contribution < -0.4 is 5.56 Å². The van der Waals surface area contributed by atoms with E-state index in [9.17, 15) is 9.18 Å². The number of nitrogens with zero attached hydrogens (tertiary/aromatic N) is 3. The van der Waals surface area contributed by atoms with Crippen LogP contribution in [0.1, 0.15) is 38.9 Å². The van der Waals surface area contributed by atoms with Crippen LogP contribution in [-0.4, -0.2) is 20.5 Å². The van der Waals surface area contributed by atoms with E-state index < -0.39 is 6.17 Å². The summed E-state index contributed by atoms with van der Waals surface area (Å²) in [5.41, 5.74) is 2.48. The molecule has 2 atom stereocenters. The van der Waals surface area contributed by atoms with Crippen LogP contribution in [0.4, 0.5) is 4.39 Å². The van der Waals surface area contributed by atoms with Gasteiger partial charge in [0, 0.05) is 30.4 Å². The fraction of sp³-hybridized carbons (Fsp3) is 0.400. The summed E-state index contributed by atoms with van der Waals surface area (Å²) >= 11 is 0. The highest BCUT2D eigenvalue weighted by Gasteiger charge is 2.40. The van der Waals surface area contributed by atoms with Crippen LogP contribution in [0.25, 0.3) is 21.9 Å². The van der Waals surface area contributed by atoms with Gasteiger partial charge in [0.05, 0.1) is 17.6 Å². The fourth-order valence-corrected chi connectivity index (χ4v) is 3.25. The molecule has 0 aliphatic heterocycles. The number of hydrogen-bond acceptors (Lipinski definition) is 2. The van der Waals surface area contributed by atoms with E-state index in [-0.39, 0.29) is 11.6 Å². The Morgan fingerprint density at radius 2 is 2.04 bits per heavy atom. The van der Waals surface area contributed by atoms with Crippen molar-refractivity contribution in [3.05, 3.63) is 52.7 Å². The van der Waals surface area contributed by atoms with Gasteiger partial charge in [-0.2, -0.15) is 5.10 Å². The maximum atomic E-state index is 13.5. The third kappa shape index (κ3) is 2.99. The lowest BCUT2D eigenvalue weighted by Gasteiger charge is -2.12. The van der Waals surface area contributed by atoms with Crippen molar-refractivity contribution in [2.45, 2.75) is 52.9 Å². The maximum Gasteiger partial charge on any atom is 0.259 e. The van der Waals surface area contributed by atoms with Crippen LogP contribution in [0, 0.1) is 6.92 Å². The van der Waals surface area contributed by atoms with Gasteiger partial charge in [-0.25, -0.2) is 4.39 Å². The van der Waals surface area contributed by atoms with E-state index in [1.807, 2.05) is 62.8 Å². The van der Waals surface area contributed by atoms with Gasteiger partial charge in [0.25, 0.3) is 5.56 Å². The van der Waals surface area contributed by atoms with Crippen LogP contribution in [0.2, 0.25) is 0 Å². The highest BCUT2D eigenvalue weighted by atomic mass is 19.1. The summed E-state index contributed by atoms with van der Waals surface area (Å²) in [7, 11) is 0. The largest absolute Gasteiger partial charge is 0.306 e. The van der Waals surface area contributed by atoms with Gasteiger partial charge in [-0.3, -0.25) is 9.48 Å². The van der Waals surface area contributed by atoms with Crippen LogP contribution in [-0.2, 0) is 6.54 Å². The SMILES string of the molecule is CC.CCn1cc(-c2cccc3cc(C)n(C4CC4F)c(=O)c23)cn1. The molecule has 1 aromatic carbocycles. The van der Waals surface area contributed by atoms with E-state index in [1.54, 1.807) is 10.8 Å². The van der Waals surface area contributed by atoms with Crippen molar-refractivity contribution in [2.24, 2.45) is 0 Å². The molecule has 2 aromatic heterocycles. The van der Waals surface area contributed by atoms with E-state index in [2.05, 4.69) is 5.10 Å². The number of rotatable bonds is 3. The second kappa shape index (κ2) is 6.82. The van der Waals surface area contributed by atoms with Crippen LogP contribution >= 0.6 is 0 Å². The van der Waals surface area contributed by atoms with E-state index in [0.29, 0.717) is 11.8 Å². The van der Waals surface area contributed by atoms with Crippen LogP contribution in [0.3, 0.4) is 0 Å². The van der Waals surface area contributed by atoms with Crippen molar-refractivity contribution < 1.29 is 4.39 Å². The molecule has 5 heteroatoms. The third-order valence-corrected chi connectivity index (χ3v) is 4.55. The van der Waals surface area contributed by atoms with Gasteiger partial charge in [-0.15, -0.1) is 0 Å². The first-order chi connectivity index (χ1) is 12.1. The molecule has 1 fully saturated rings. The number of aromatic nitrogens is 3. The molecule has 1 aliphatic rings. The van der Waals surface area contributed by atoms with Gasteiger partial charge in [0.1, 0.15) is 6.17 Å². The second-order valence-electron chi connectivity index (χ2n) is 6.13. The number of halogens is 1. The lowest BCUT2D eigenvalue weighted by Crippen LogP contribution is -2.22. The number of pyridine rings is 1. The summed E-state index contributed by atoms with van der Waals surface area (Å²) < 4.78 is 17.0. The standard InChI is InChI=1S/C18H18FN3O.C2H6/c1-3-21-10-13(9-20-21)14-6-4-5-12-7-11(2)22(16-8-15(16)19)18(23)17(12)14;1-2/h4-7,9-10,15-16H,3,8H2,1-2H3;1-2H3. The molecule has 1 saturated carbocycles. The molecule has 3 aromatic rings. The number of benzene rings is 1. The Kier molecular flexibility index (Phi) is 4.75. The smallest absolute Gasteiger partial charge is 0.259 e. The predicted molar refractivity (Wildman–Crippen MR) is 99.7 cm³/mol. The monoisotopic (exact) mass is 341 g/mol. The summed E-state index contributed by atoms with van der Waals surface area (Å²) in [5.74, 6) is 0. The molecule has 132 valence electrons. The molecule has 4 nitrogen and oxygen atoms in total. The second-order valence-corrected chi connectivity index (χ2v) is 6.13. The van der Waals surface area contributed by atoms with E-state index >= 15 is 0 Å². The lowest BCUT2D eigenvalue weighted by atomic mass is 10.0. The van der Waals surface area contributed by atoms with Gasteiger partial charge < -0.3 is 4.57 Å². The summed E-state index contributed by atoms with van der Waals surface area (Å²) in [5, 5.41) is 5.83. The van der Waals surface area contributed by atoms with E-state index in [1.165, 1.54) is 0 Å². The molecule has 2 unspecified atom stereocenters. The van der Waals surface area contributed by atoms with Crippen molar-refractivity contribution in [1.29, 1.82) is 0 Å². The Hall–Kier alpha value is -2.43. The van der Waals surface area contributed by atoms with Gasteiger partial charge in [-0.05, 0) is 30.9 Å². The molecule has 0 amide bonds. The highest BCUT2D eigenvalue weighted by molar-refractivity contribution is 5.96. The molecule has 0 saturated heterocycles. The Labute approximate surface area is 146 Å². The fourth-order valence-electron chi connectivity index (χ4n) is 3.25. The minimum atomic E-state index is -0.904. The van der Waals surface area contributed by atoms with Gasteiger partial charge in [-0.1, -0.05) is 32.0 Å². The summed E-state index contributed by atoms with van der Waals surface area (Å²) in [6, 6.07) is 7.47. The van der Waals surface area contributed by atoms with E-state index in [0.717, 1.165) is 28.8 Å². The zero-order chi connectivity index (χ0) is 18.1. The maximum absolute atomic E-state index is 13.5. The average molecular weight is 341 g/mol. The first kappa shape index (κ1) is 17.4. The summed E-state index contributed by atoms with van der Waals surface area (Å²) in [6.07, 6.45) is 3.24. The molecule has 0 radical (unpaired) electrons. The summed E-state index contributed by atoms with van der Waals surface area (Å²) in [4.78, 5) is 13.0. The number of aryl methyl sites for hydroxylation is 2. The molecule has 1 aliphatic carbocycles. The third-order valence-electron chi connectivity index (χ3n) is 4.55. The van der Waals surface area contributed by atoms with Gasteiger partial charge >= 0.3 is 0 Å². The molecular formula is C20H24FN3O. The van der Waals surface area contributed by atoms with Crippen molar-refractivity contribution in [1.82, 2.24) is 14.3 Å². The van der Waals surface area contributed by atoms with Crippen molar-refractivity contribution in [3.8, 4) is 11.1 Å². The Morgan fingerprint density at radius 1 is 1.32 bits per heavy atom. The molecule has 4 rings (SSSR count). The van der Waals surface area contributed by atoms with Crippen molar-refractivity contribution in [2.75, 3.05) is 0 Å². The predicted octanol–water partition coefficient (Wildman–Crippen LogP) is 4.50. The normalized spacial score (nSPS) is 18.8. The summed E-state index contributed by atoms with van der Waals surface area (Å²) in [6.45, 7) is 8.66. The average Bonchev–Trinajstić information content (AvgIpc) is 3.13. The van der Waals surface area contributed by atoms with Crippen molar-refractivity contribution >= 4 is 10.8 Å². The number of hydrogen-bond donors (Lipinski definition) is 0. The first-order valence-corrected chi connectivity index (χ1v) is 8.92. The van der Waals surface area contributed by atoms with E-state index in [4.69, 9.17) is 0 Å². The lowest BCUT2D eigenvalue weighted by molar-refractivity contribution is 0.436. The quantitative estimate of drug-likeness (QED) is 0.703. The molecule has 0 bridgehead atoms. The molecule has 2 heterocycles. The Bertz CT molecular complexity index is 957. The zero-order valence-electron chi connectivity index (χ0n) is 15.2. The first-order valence-electron chi connectivity index (χ1n) is 8.92. The number of alkyl halides is 1. The molecular weight excluding hydrogens is 317 g/mol. The topological polar surface area (TPSA) is 39.8 Å². The Balaban J connectivity index is 0.000000880. The zero-order valence-corrected chi connectivity index (χ0v) is 15.2.